The third-order valence-electron chi connectivity index (χ3n) is 3.23. The van der Waals surface area contributed by atoms with Crippen LogP contribution in [0, 0.1) is 0 Å². The molecular formula is C16H25N3O4S. The molecule has 1 aromatic carbocycles. The lowest BCUT2D eigenvalue weighted by atomic mass is 10.1. The van der Waals surface area contributed by atoms with Crippen LogP contribution in [0.25, 0.3) is 0 Å². The molecule has 2 amide bonds. The number of carbonyl (C=O) groups is 2. The molecule has 0 aliphatic rings. The molecule has 8 heteroatoms. The predicted molar refractivity (Wildman–Crippen MR) is 94.8 cm³/mol. The van der Waals surface area contributed by atoms with E-state index in [0.29, 0.717) is 17.4 Å². The lowest BCUT2D eigenvalue weighted by Gasteiger charge is -2.19. The van der Waals surface area contributed by atoms with Crippen LogP contribution in [0.5, 0.6) is 5.75 Å². The molecule has 0 fully saturated rings. The first-order valence-electron chi connectivity index (χ1n) is 7.65. The Hall–Kier alpha value is -1.77. The normalized spacial score (nSPS) is 13.2. The molecule has 0 saturated heterocycles. The van der Waals surface area contributed by atoms with Crippen LogP contribution in [-0.2, 0) is 4.79 Å². The molecule has 0 heterocycles. The SMILES string of the molecule is COc1ccccc1C(=O)NNC(=O)C(O)[C@H](N)CCSC(C)C. The number of benzene rings is 1. The summed E-state index contributed by atoms with van der Waals surface area (Å²) in [6.45, 7) is 4.12. The van der Waals surface area contributed by atoms with Gasteiger partial charge in [0.25, 0.3) is 11.8 Å². The van der Waals surface area contributed by atoms with E-state index in [2.05, 4.69) is 24.7 Å². The molecule has 134 valence electrons. The highest BCUT2D eigenvalue weighted by Gasteiger charge is 2.23. The highest BCUT2D eigenvalue weighted by molar-refractivity contribution is 7.99. The summed E-state index contributed by atoms with van der Waals surface area (Å²) >= 11 is 1.70. The van der Waals surface area contributed by atoms with Crippen molar-refractivity contribution in [3.05, 3.63) is 29.8 Å². The molecule has 0 aliphatic heterocycles. The quantitative estimate of drug-likeness (QED) is 0.510. The molecule has 1 aromatic rings. The average molecular weight is 355 g/mol. The third kappa shape index (κ3) is 6.38. The summed E-state index contributed by atoms with van der Waals surface area (Å²) in [4.78, 5) is 23.9. The fourth-order valence-corrected chi connectivity index (χ4v) is 2.76. The first kappa shape index (κ1) is 20.3. The number of hydrazine groups is 1. The molecule has 1 unspecified atom stereocenters. The molecule has 24 heavy (non-hydrogen) atoms. The summed E-state index contributed by atoms with van der Waals surface area (Å²) < 4.78 is 5.08. The average Bonchev–Trinajstić information content (AvgIpc) is 2.58. The first-order chi connectivity index (χ1) is 11.4. The number of methoxy groups -OCH3 is 1. The molecule has 0 bridgehead atoms. The number of aliphatic hydroxyl groups is 1. The van der Waals surface area contributed by atoms with Gasteiger partial charge in [-0.05, 0) is 29.6 Å². The maximum absolute atomic E-state index is 12.0. The number of hydrogen-bond acceptors (Lipinski definition) is 6. The van der Waals surface area contributed by atoms with Gasteiger partial charge in [-0.3, -0.25) is 20.4 Å². The summed E-state index contributed by atoms with van der Waals surface area (Å²) in [5, 5.41) is 10.4. The van der Waals surface area contributed by atoms with Crippen molar-refractivity contribution in [3.8, 4) is 5.75 Å². The van der Waals surface area contributed by atoms with Gasteiger partial charge in [0.2, 0.25) is 0 Å². The van der Waals surface area contributed by atoms with Gasteiger partial charge in [-0.25, -0.2) is 0 Å². The smallest absolute Gasteiger partial charge is 0.273 e. The van der Waals surface area contributed by atoms with Gasteiger partial charge in [-0.1, -0.05) is 26.0 Å². The Bertz CT molecular complexity index is 554. The van der Waals surface area contributed by atoms with Crippen molar-refractivity contribution in [2.75, 3.05) is 12.9 Å². The molecule has 0 radical (unpaired) electrons. The number of amides is 2. The van der Waals surface area contributed by atoms with Gasteiger partial charge in [0.1, 0.15) is 11.9 Å². The molecule has 1 rings (SSSR count). The van der Waals surface area contributed by atoms with Crippen molar-refractivity contribution < 1.29 is 19.4 Å². The lowest BCUT2D eigenvalue weighted by molar-refractivity contribution is -0.131. The second-order valence-corrected chi connectivity index (χ2v) is 7.14. The Kier molecular flexibility index (Phi) is 8.59. The van der Waals surface area contributed by atoms with E-state index in [0.717, 1.165) is 5.75 Å². The summed E-state index contributed by atoms with van der Waals surface area (Å²) in [5.74, 6) is -0.166. The van der Waals surface area contributed by atoms with E-state index in [1.165, 1.54) is 7.11 Å². The number of para-hydroxylation sites is 1. The van der Waals surface area contributed by atoms with Crippen LogP contribution in [-0.4, -0.2) is 47.2 Å². The third-order valence-corrected chi connectivity index (χ3v) is 4.37. The van der Waals surface area contributed by atoms with Crippen LogP contribution >= 0.6 is 11.8 Å². The van der Waals surface area contributed by atoms with E-state index in [1.807, 2.05) is 0 Å². The van der Waals surface area contributed by atoms with Crippen molar-refractivity contribution in [3.63, 3.8) is 0 Å². The highest BCUT2D eigenvalue weighted by Crippen LogP contribution is 2.16. The van der Waals surface area contributed by atoms with Gasteiger partial charge in [0.15, 0.2) is 0 Å². The first-order valence-corrected chi connectivity index (χ1v) is 8.70. The fraction of sp³-hybridized carbons (Fsp3) is 0.500. The lowest BCUT2D eigenvalue weighted by Crippen LogP contribution is -2.52. The Balaban J connectivity index is 2.48. The van der Waals surface area contributed by atoms with Crippen LogP contribution in [0.15, 0.2) is 24.3 Å². The fourth-order valence-electron chi connectivity index (χ4n) is 1.88. The van der Waals surface area contributed by atoms with Gasteiger partial charge >= 0.3 is 0 Å². The topological polar surface area (TPSA) is 114 Å². The monoisotopic (exact) mass is 355 g/mol. The Morgan fingerprint density at radius 3 is 2.58 bits per heavy atom. The second kappa shape index (κ2) is 10.2. The van der Waals surface area contributed by atoms with Gasteiger partial charge in [0.05, 0.1) is 12.7 Å². The van der Waals surface area contributed by atoms with Crippen LogP contribution in [0.4, 0.5) is 0 Å². The van der Waals surface area contributed by atoms with E-state index in [-0.39, 0.29) is 5.56 Å². The van der Waals surface area contributed by atoms with Crippen molar-refractivity contribution in [1.29, 1.82) is 0 Å². The molecule has 0 aliphatic carbocycles. The standard InChI is InChI=1S/C16H25N3O4S/c1-10(2)24-9-8-12(17)14(20)16(22)19-18-15(21)11-6-4-5-7-13(11)23-3/h4-7,10,12,14,20H,8-9,17H2,1-3H3,(H,18,21)(H,19,22)/t12-,14?/m1/s1. The van der Waals surface area contributed by atoms with Crippen molar-refractivity contribution in [1.82, 2.24) is 10.9 Å². The number of aliphatic hydroxyl groups excluding tert-OH is 1. The summed E-state index contributed by atoms with van der Waals surface area (Å²) in [6.07, 6.45) is -0.895. The number of ether oxygens (including phenoxy) is 1. The Labute approximate surface area is 146 Å². The van der Waals surface area contributed by atoms with Gasteiger partial charge in [-0.15, -0.1) is 0 Å². The zero-order valence-corrected chi connectivity index (χ0v) is 14.9. The van der Waals surface area contributed by atoms with Crippen molar-refractivity contribution >= 4 is 23.6 Å². The molecule has 0 saturated carbocycles. The van der Waals surface area contributed by atoms with Gasteiger partial charge in [0, 0.05) is 6.04 Å². The molecule has 5 N–H and O–H groups in total. The number of thioether (sulfide) groups is 1. The van der Waals surface area contributed by atoms with Gasteiger partial charge < -0.3 is 15.6 Å². The number of nitrogens with two attached hydrogens (primary N) is 1. The van der Waals surface area contributed by atoms with E-state index >= 15 is 0 Å². The van der Waals surface area contributed by atoms with Crippen LogP contribution in [0.1, 0.15) is 30.6 Å². The predicted octanol–water partition coefficient (Wildman–Crippen LogP) is 0.676. The maximum atomic E-state index is 12.0. The zero-order chi connectivity index (χ0) is 18.1. The Morgan fingerprint density at radius 2 is 1.96 bits per heavy atom. The molecule has 2 atom stereocenters. The number of nitrogens with one attached hydrogen (secondary N) is 2. The van der Waals surface area contributed by atoms with Crippen LogP contribution in [0.3, 0.4) is 0 Å². The summed E-state index contributed by atoms with van der Waals surface area (Å²) in [6, 6.07) is 5.90. The number of carbonyl (C=O) groups excluding carboxylic acids is 2. The van der Waals surface area contributed by atoms with E-state index in [1.54, 1.807) is 36.0 Å². The van der Waals surface area contributed by atoms with E-state index < -0.39 is 24.0 Å². The summed E-state index contributed by atoms with van der Waals surface area (Å²) in [7, 11) is 1.45. The van der Waals surface area contributed by atoms with E-state index in [9.17, 15) is 14.7 Å². The minimum absolute atomic E-state index is 0.271. The largest absolute Gasteiger partial charge is 0.496 e. The van der Waals surface area contributed by atoms with E-state index in [4.69, 9.17) is 10.5 Å². The van der Waals surface area contributed by atoms with Crippen molar-refractivity contribution in [2.24, 2.45) is 5.73 Å². The molecule has 0 spiro atoms. The van der Waals surface area contributed by atoms with Crippen LogP contribution in [0.2, 0.25) is 0 Å². The minimum Gasteiger partial charge on any atom is -0.496 e. The highest BCUT2D eigenvalue weighted by atomic mass is 32.2. The number of rotatable bonds is 8. The molecule has 7 nitrogen and oxygen atoms in total. The maximum Gasteiger partial charge on any atom is 0.273 e. The summed E-state index contributed by atoms with van der Waals surface area (Å²) in [5.41, 5.74) is 10.5. The van der Waals surface area contributed by atoms with Crippen molar-refractivity contribution in [2.45, 2.75) is 37.7 Å². The van der Waals surface area contributed by atoms with Gasteiger partial charge in [-0.2, -0.15) is 11.8 Å². The van der Waals surface area contributed by atoms with Crippen LogP contribution < -0.4 is 21.3 Å². The minimum atomic E-state index is -1.39. The zero-order valence-electron chi connectivity index (χ0n) is 14.1. The Morgan fingerprint density at radius 1 is 1.29 bits per heavy atom. The molecule has 0 aromatic heterocycles. The number of hydrogen-bond donors (Lipinski definition) is 4. The molecular weight excluding hydrogens is 330 g/mol. The second-order valence-electron chi connectivity index (χ2n) is 5.46.